The van der Waals surface area contributed by atoms with Crippen LogP contribution in [-0.4, -0.2) is 20.5 Å². The molecular weight excluding hydrogens is 311 g/mol. The molecule has 106 valence electrons. The van der Waals surface area contributed by atoms with Gasteiger partial charge in [-0.2, -0.15) is 0 Å². The highest BCUT2D eigenvalue weighted by atomic mass is 35.5. The van der Waals surface area contributed by atoms with Crippen LogP contribution in [0.15, 0.2) is 42.6 Å². The second-order valence-corrected chi connectivity index (χ2v) is 5.33. The number of fused-ring (bicyclic) bond motifs is 1. The highest BCUT2D eigenvalue weighted by Gasteiger charge is 2.17. The second-order valence-electron chi connectivity index (χ2n) is 4.51. The molecule has 0 aliphatic carbocycles. The third-order valence-electron chi connectivity index (χ3n) is 3.22. The highest BCUT2D eigenvalue weighted by molar-refractivity contribution is 6.36. The fourth-order valence-electron chi connectivity index (χ4n) is 2.24. The van der Waals surface area contributed by atoms with Gasteiger partial charge in [0.1, 0.15) is 5.82 Å². The van der Waals surface area contributed by atoms with Crippen LogP contribution in [0.4, 0.5) is 0 Å². The number of imidazole rings is 1. The van der Waals surface area contributed by atoms with Crippen molar-refractivity contribution in [2.45, 2.75) is 6.42 Å². The van der Waals surface area contributed by atoms with E-state index in [-0.39, 0.29) is 5.69 Å². The van der Waals surface area contributed by atoms with E-state index in [0.717, 1.165) is 5.56 Å². The van der Waals surface area contributed by atoms with Gasteiger partial charge in [0, 0.05) is 22.7 Å². The zero-order valence-electron chi connectivity index (χ0n) is 10.8. The van der Waals surface area contributed by atoms with E-state index in [1.807, 2.05) is 6.07 Å². The molecule has 4 nitrogen and oxygen atoms in total. The molecule has 0 aliphatic rings. The molecule has 0 saturated heterocycles. The first-order chi connectivity index (χ1) is 10.1. The molecule has 6 heteroatoms. The average molecular weight is 321 g/mol. The fourth-order valence-corrected chi connectivity index (χ4v) is 2.77. The number of nitrogens with zero attached hydrogens (tertiary/aromatic N) is 2. The Morgan fingerprint density at radius 2 is 1.86 bits per heavy atom. The summed E-state index contributed by atoms with van der Waals surface area (Å²) in [5, 5.41) is 10.3. The molecule has 0 fully saturated rings. The predicted octanol–water partition coefficient (Wildman–Crippen LogP) is 3.93. The molecule has 0 radical (unpaired) electrons. The number of halogens is 2. The Bertz CT molecular complexity index is 823. The van der Waals surface area contributed by atoms with E-state index in [4.69, 9.17) is 23.2 Å². The molecule has 0 aliphatic heterocycles. The number of pyridine rings is 1. The van der Waals surface area contributed by atoms with Crippen molar-refractivity contribution in [3.05, 3.63) is 69.7 Å². The summed E-state index contributed by atoms with van der Waals surface area (Å²) >= 11 is 12.3. The Balaban J connectivity index is 2.15. The second kappa shape index (κ2) is 5.39. The van der Waals surface area contributed by atoms with Crippen molar-refractivity contribution in [3.8, 4) is 0 Å². The lowest BCUT2D eigenvalue weighted by molar-refractivity contribution is 0.0693. The summed E-state index contributed by atoms with van der Waals surface area (Å²) in [6.07, 6.45) is 2.13. The van der Waals surface area contributed by atoms with Gasteiger partial charge in [0.05, 0.1) is 5.52 Å². The van der Waals surface area contributed by atoms with E-state index in [9.17, 15) is 9.90 Å². The molecule has 21 heavy (non-hydrogen) atoms. The number of aromatic carboxylic acids is 1. The van der Waals surface area contributed by atoms with Crippen molar-refractivity contribution in [2.75, 3.05) is 0 Å². The molecule has 0 amide bonds. The van der Waals surface area contributed by atoms with E-state index >= 15 is 0 Å². The largest absolute Gasteiger partial charge is 0.476 e. The molecule has 3 rings (SSSR count). The molecule has 0 spiro atoms. The van der Waals surface area contributed by atoms with Crippen molar-refractivity contribution in [3.63, 3.8) is 0 Å². The number of carboxylic acids is 1. The van der Waals surface area contributed by atoms with Gasteiger partial charge in [-0.25, -0.2) is 9.78 Å². The smallest absolute Gasteiger partial charge is 0.356 e. The van der Waals surface area contributed by atoms with Crippen LogP contribution in [-0.2, 0) is 6.42 Å². The molecular formula is C15H10Cl2N2O2. The van der Waals surface area contributed by atoms with E-state index in [0.29, 0.717) is 27.8 Å². The minimum Gasteiger partial charge on any atom is -0.476 e. The highest BCUT2D eigenvalue weighted by Crippen LogP contribution is 2.27. The minimum absolute atomic E-state index is 0.0220. The van der Waals surface area contributed by atoms with Crippen molar-refractivity contribution < 1.29 is 9.90 Å². The maximum Gasteiger partial charge on any atom is 0.356 e. The van der Waals surface area contributed by atoms with Crippen LogP contribution in [0, 0.1) is 0 Å². The predicted molar refractivity (Wildman–Crippen MR) is 81.4 cm³/mol. The van der Waals surface area contributed by atoms with Gasteiger partial charge >= 0.3 is 5.97 Å². The summed E-state index contributed by atoms with van der Waals surface area (Å²) < 4.78 is 1.74. The molecule has 1 aromatic carbocycles. The summed E-state index contributed by atoms with van der Waals surface area (Å²) in [4.78, 5) is 15.5. The quantitative estimate of drug-likeness (QED) is 0.795. The zero-order chi connectivity index (χ0) is 15.0. The number of carboxylic acid groups (broad SMARTS) is 1. The fraction of sp³-hybridized carbons (Fsp3) is 0.0667. The van der Waals surface area contributed by atoms with E-state index in [2.05, 4.69) is 4.98 Å². The molecule has 0 atom stereocenters. The first-order valence-electron chi connectivity index (χ1n) is 6.20. The van der Waals surface area contributed by atoms with Crippen LogP contribution in [0.1, 0.15) is 21.9 Å². The number of rotatable bonds is 3. The SMILES string of the molecule is O=C(O)c1nc(Cc2c(Cl)cccc2Cl)n2ccccc12. The van der Waals surface area contributed by atoms with E-state index in [1.54, 1.807) is 40.9 Å². The summed E-state index contributed by atoms with van der Waals surface area (Å²) in [5.74, 6) is -0.479. The van der Waals surface area contributed by atoms with Crippen LogP contribution in [0.25, 0.3) is 5.52 Å². The number of aromatic nitrogens is 2. The number of carbonyl (C=O) groups is 1. The van der Waals surface area contributed by atoms with Gasteiger partial charge in [0.25, 0.3) is 0 Å². The Labute approximate surface area is 130 Å². The molecule has 2 heterocycles. The van der Waals surface area contributed by atoms with Crippen LogP contribution in [0.2, 0.25) is 10.0 Å². The molecule has 0 unspecified atom stereocenters. The Morgan fingerprint density at radius 3 is 2.52 bits per heavy atom. The van der Waals surface area contributed by atoms with Gasteiger partial charge in [0.15, 0.2) is 5.69 Å². The number of hydrogen-bond donors (Lipinski definition) is 1. The molecule has 1 N–H and O–H groups in total. The lowest BCUT2D eigenvalue weighted by Gasteiger charge is -2.06. The van der Waals surface area contributed by atoms with Gasteiger partial charge in [-0.3, -0.25) is 0 Å². The Kier molecular flexibility index (Phi) is 3.57. The standard InChI is InChI=1S/C15H10Cl2N2O2/c16-10-4-3-5-11(17)9(10)8-13-18-14(15(20)21)12-6-1-2-7-19(12)13/h1-7H,8H2,(H,20,21). The van der Waals surface area contributed by atoms with Gasteiger partial charge in [-0.05, 0) is 29.8 Å². The van der Waals surface area contributed by atoms with Crippen LogP contribution >= 0.6 is 23.2 Å². The van der Waals surface area contributed by atoms with E-state index < -0.39 is 5.97 Å². The lowest BCUT2D eigenvalue weighted by Crippen LogP contribution is -1.98. The monoisotopic (exact) mass is 320 g/mol. The van der Waals surface area contributed by atoms with Crippen molar-refractivity contribution in [1.29, 1.82) is 0 Å². The van der Waals surface area contributed by atoms with E-state index in [1.165, 1.54) is 0 Å². The first kappa shape index (κ1) is 13.9. The summed E-state index contributed by atoms with van der Waals surface area (Å²) in [6, 6.07) is 10.6. The molecule has 0 saturated carbocycles. The third-order valence-corrected chi connectivity index (χ3v) is 3.93. The minimum atomic E-state index is -1.06. The van der Waals surface area contributed by atoms with Gasteiger partial charge in [-0.1, -0.05) is 35.3 Å². The van der Waals surface area contributed by atoms with Gasteiger partial charge < -0.3 is 9.51 Å². The van der Waals surface area contributed by atoms with Crippen molar-refractivity contribution in [2.24, 2.45) is 0 Å². The topological polar surface area (TPSA) is 54.6 Å². The Hall–Kier alpha value is -2.04. The third kappa shape index (κ3) is 2.48. The normalized spacial score (nSPS) is 11.0. The molecule has 2 aromatic heterocycles. The van der Waals surface area contributed by atoms with Crippen LogP contribution in [0.5, 0.6) is 0 Å². The Morgan fingerprint density at radius 1 is 1.14 bits per heavy atom. The maximum atomic E-state index is 11.3. The number of hydrogen-bond acceptors (Lipinski definition) is 2. The van der Waals surface area contributed by atoms with Crippen LogP contribution < -0.4 is 0 Å². The summed E-state index contributed by atoms with van der Waals surface area (Å²) in [6.45, 7) is 0. The number of benzene rings is 1. The molecule has 3 aromatic rings. The zero-order valence-corrected chi connectivity index (χ0v) is 12.3. The van der Waals surface area contributed by atoms with Crippen molar-refractivity contribution >= 4 is 34.7 Å². The lowest BCUT2D eigenvalue weighted by atomic mass is 10.1. The van der Waals surface area contributed by atoms with Crippen LogP contribution in [0.3, 0.4) is 0 Å². The van der Waals surface area contributed by atoms with Gasteiger partial charge in [-0.15, -0.1) is 0 Å². The first-order valence-corrected chi connectivity index (χ1v) is 6.95. The van der Waals surface area contributed by atoms with Crippen molar-refractivity contribution in [1.82, 2.24) is 9.38 Å². The summed E-state index contributed by atoms with van der Waals surface area (Å²) in [5.41, 5.74) is 1.30. The maximum absolute atomic E-state index is 11.3. The average Bonchev–Trinajstić information content (AvgIpc) is 2.82. The molecule has 0 bridgehead atoms. The van der Waals surface area contributed by atoms with Gasteiger partial charge in [0.2, 0.25) is 0 Å². The summed E-state index contributed by atoms with van der Waals surface area (Å²) in [7, 11) is 0.